The molecule has 0 aliphatic heterocycles. The van der Waals surface area contributed by atoms with Gasteiger partial charge in [-0.15, -0.1) is 11.3 Å². The van der Waals surface area contributed by atoms with Crippen molar-refractivity contribution in [3.8, 4) is 0 Å². The summed E-state index contributed by atoms with van der Waals surface area (Å²) in [6.07, 6.45) is 0. The number of carbonyl (C=O) groups is 2. The fourth-order valence-electron chi connectivity index (χ4n) is 2.36. The first kappa shape index (κ1) is 19.7. The van der Waals surface area contributed by atoms with Crippen LogP contribution < -0.4 is 10.6 Å². The molecule has 3 aromatic rings. The number of hydrogen-bond acceptors (Lipinski definition) is 3. The van der Waals surface area contributed by atoms with Gasteiger partial charge >= 0.3 is 0 Å². The van der Waals surface area contributed by atoms with Crippen LogP contribution in [0.4, 0.5) is 11.4 Å². The van der Waals surface area contributed by atoms with Crippen molar-refractivity contribution < 1.29 is 9.59 Å². The summed E-state index contributed by atoms with van der Waals surface area (Å²) in [6.45, 7) is 1.86. The van der Waals surface area contributed by atoms with E-state index in [0.717, 1.165) is 4.88 Å². The Morgan fingerprint density at radius 3 is 2.15 bits per heavy atom. The van der Waals surface area contributed by atoms with Crippen LogP contribution in [0.15, 0.2) is 48.5 Å². The number of halogens is 3. The molecule has 0 atom stereocenters. The number of thiophene rings is 1. The highest BCUT2D eigenvalue weighted by atomic mass is 35.5. The molecular formula is C19H13Cl3N2O2S. The van der Waals surface area contributed by atoms with E-state index in [1.807, 2.05) is 6.92 Å². The fourth-order valence-corrected chi connectivity index (χ4v) is 3.89. The van der Waals surface area contributed by atoms with Crippen LogP contribution in [0.2, 0.25) is 15.1 Å². The smallest absolute Gasteiger partial charge is 0.267 e. The zero-order chi connectivity index (χ0) is 19.6. The molecule has 0 fully saturated rings. The summed E-state index contributed by atoms with van der Waals surface area (Å²) in [7, 11) is 0. The summed E-state index contributed by atoms with van der Waals surface area (Å²) in [5.74, 6) is -0.801. The lowest BCUT2D eigenvalue weighted by Crippen LogP contribution is -2.18. The number of anilines is 2. The van der Waals surface area contributed by atoms with Gasteiger partial charge in [0.05, 0.1) is 16.3 Å². The Bertz CT molecular complexity index is 1020. The van der Waals surface area contributed by atoms with Gasteiger partial charge in [-0.1, -0.05) is 34.8 Å². The highest BCUT2D eigenvalue weighted by Crippen LogP contribution is 2.29. The Hall–Kier alpha value is -2.05. The monoisotopic (exact) mass is 438 g/mol. The first-order valence-electron chi connectivity index (χ1n) is 7.77. The lowest BCUT2D eigenvalue weighted by atomic mass is 10.1. The molecule has 138 valence electrons. The molecule has 8 heteroatoms. The molecule has 0 radical (unpaired) electrons. The van der Waals surface area contributed by atoms with Gasteiger partial charge in [-0.05, 0) is 55.5 Å². The molecule has 27 heavy (non-hydrogen) atoms. The minimum Gasteiger partial charge on any atom is -0.322 e. The Morgan fingerprint density at radius 1 is 0.852 bits per heavy atom. The molecule has 0 saturated carbocycles. The maximum atomic E-state index is 12.7. The minimum atomic E-state index is -0.413. The van der Waals surface area contributed by atoms with Crippen molar-refractivity contribution >= 4 is 69.3 Å². The van der Waals surface area contributed by atoms with Crippen LogP contribution in [-0.2, 0) is 0 Å². The Kier molecular flexibility index (Phi) is 6.07. The number of rotatable bonds is 4. The summed E-state index contributed by atoms with van der Waals surface area (Å²) in [6, 6.07) is 13.1. The molecule has 0 spiro atoms. The molecule has 1 heterocycles. The van der Waals surface area contributed by atoms with Gasteiger partial charge in [-0.2, -0.15) is 0 Å². The molecule has 0 aliphatic carbocycles. The van der Waals surface area contributed by atoms with Crippen LogP contribution in [0.25, 0.3) is 0 Å². The second kappa shape index (κ2) is 8.31. The molecule has 2 N–H and O–H groups in total. The Morgan fingerprint density at radius 2 is 1.52 bits per heavy atom. The number of nitrogens with one attached hydrogen (secondary N) is 2. The number of benzene rings is 2. The van der Waals surface area contributed by atoms with Crippen LogP contribution in [0.5, 0.6) is 0 Å². The van der Waals surface area contributed by atoms with E-state index < -0.39 is 5.91 Å². The van der Waals surface area contributed by atoms with E-state index in [1.54, 1.807) is 42.5 Å². The number of amides is 2. The van der Waals surface area contributed by atoms with E-state index in [4.69, 9.17) is 34.8 Å². The maximum Gasteiger partial charge on any atom is 0.267 e. The second-order valence-corrected chi connectivity index (χ2v) is 8.18. The third kappa shape index (κ3) is 4.82. The molecular weight excluding hydrogens is 427 g/mol. The summed E-state index contributed by atoms with van der Waals surface area (Å²) in [4.78, 5) is 26.5. The van der Waals surface area contributed by atoms with E-state index in [1.165, 1.54) is 17.4 Å². The van der Waals surface area contributed by atoms with Crippen molar-refractivity contribution in [3.05, 3.63) is 78.9 Å². The van der Waals surface area contributed by atoms with Gasteiger partial charge in [0.25, 0.3) is 11.8 Å². The van der Waals surface area contributed by atoms with Crippen LogP contribution >= 0.6 is 46.1 Å². The zero-order valence-corrected chi connectivity index (χ0v) is 17.1. The van der Waals surface area contributed by atoms with Gasteiger partial charge in [-0.25, -0.2) is 0 Å². The molecule has 1 aromatic heterocycles. The molecule has 0 unspecified atom stereocenters. The van der Waals surface area contributed by atoms with E-state index >= 15 is 0 Å². The average molecular weight is 440 g/mol. The van der Waals surface area contributed by atoms with Crippen molar-refractivity contribution in [2.75, 3.05) is 10.6 Å². The topological polar surface area (TPSA) is 58.2 Å². The summed E-state index contributed by atoms with van der Waals surface area (Å²) in [5, 5.41) is 6.79. The molecule has 2 amide bonds. The first-order valence-corrected chi connectivity index (χ1v) is 9.72. The molecule has 4 nitrogen and oxygen atoms in total. The zero-order valence-electron chi connectivity index (χ0n) is 14.0. The Balaban J connectivity index is 1.86. The quantitative estimate of drug-likeness (QED) is 0.486. The van der Waals surface area contributed by atoms with E-state index in [-0.39, 0.29) is 11.5 Å². The van der Waals surface area contributed by atoms with Crippen LogP contribution in [-0.4, -0.2) is 11.8 Å². The van der Waals surface area contributed by atoms with Crippen LogP contribution in [0.1, 0.15) is 24.9 Å². The standard InChI is InChI=1S/C19H13Cl3N2O2S/c1-10-8-15(22)17(27-10)19(26)24-16-7-4-12(21)9-14(16)18(25)23-13-5-2-11(20)3-6-13/h2-9H,1H3,(H,23,25)(H,24,26). The molecule has 2 aromatic carbocycles. The van der Waals surface area contributed by atoms with Crippen LogP contribution in [0.3, 0.4) is 0 Å². The summed E-state index contributed by atoms with van der Waals surface area (Å²) < 4.78 is 0. The van der Waals surface area contributed by atoms with Gasteiger partial charge in [0.2, 0.25) is 0 Å². The van der Waals surface area contributed by atoms with Gasteiger partial charge in [0.15, 0.2) is 0 Å². The third-order valence-corrected chi connectivity index (χ3v) is 5.54. The number of hydrogen-bond donors (Lipinski definition) is 2. The SMILES string of the molecule is Cc1cc(Cl)c(C(=O)Nc2ccc(Cl)cc2C(=O)Nc2ccc(Cl)cc2)s1. The van der Waals surface area contributed by atoms with Crippen molar-refractivity contribution in [1.29, 1.82) is 0 Å². The van der Waals surface area contributed by atoms with Gasteiger partial charge in [0.1, 0.15) is 4.88 Å². The van der Waals surface area contributed by atoms with Gasteiger partial charge in [0, 0.05) is 20.6 Å². The number of aryl methyl sites for hydroxylation is 1. The molecule has 0 bridgehead atoms. The van der Waals surface area contributed by atoms with Gasteiger partial charge in [-0.3, -0.25) is 9.59 Å². The predicted molar refractivity (Wildman–Crippen MR) is 113 cm³/mol. The highest BCUT2D eigenvalue weighted by molar-refractivity contribution is 7.14. The number of carbonyl (C=O) groups excluding carboxylic acids is 2. The first-order chi connectivity index (χ1) is 12.8. The Labute approximate surface area is 175 Å². The van der Waals surface area contributed by atoms with E-state index in [2.05, 4.69) is 10.6 Å². The van der Waals surface area contributed by atoms with E-state index in [9.17, 15) is 9.59 Å². The minimum absolute atomic E-state index is 0.232. The van der Waals surface area contributed by atoms with Crippen molar-refractivity contribution in [2.24, 2.45) is 0 Å². The third-order valence-electron chi connectivity index (χ3n) is 3.59. The maximum absolute atomic E-state index is 12.7. The lowest BCUT2D eigenvalue weighted by Gasteiger charge is -2.12. The fraction of sp³-hybridized carbons (Fsp3) is 0.0526. The molecule has 0 aliphatic rings. The molecule has 0 saturated heterocycles. The lowest BCUT2D eigenvalue weighted by molar-refractivity contribution is 0.102. The van der Waals surface area contributed by atoms with Gasteiger partial charge < -0.3 is 10.6 Å². The largest absolute Gasteiger partial charge is 0.322 e. The molecule has 3 rings (SSSR count). The summed E-state index contributed by atoms with van der Waals surface area (Å²) in [5.41, 5.74) is 1.13. The second-order valence-electron chi connectivity index (χ2n) is 5.64. The van der Waals surface area contributed by atoms with E-state index in [0.29, 0.717) is 31.3 Å². The van der Waals surface area contributed by atoms with Crippen molar-refractivity contribution in [3.63, 3.8) is 0 Å². The highest BCUT2D eigenvalue weighted by Gasteiger charge is 2.18. The van der Waals surface area contributed by atoms with Crippen molar-refractivity contribution in [1.82, 2.24) is 0 Å². The summed E-state index contributed by atoms with van der Waals surface area (Å²) >= 11 is 19.3. The average Bonchev–Trinajstić information content (AvgIpc) is 2.97. The predicted octanol–water partition coefficient (Wildman–Crippen LogP) is 6.52. The normalized spacial score (nSPS) is 10.5. The van der Waals surface area contributed by atoms with Crippen molar-refractivity contribution in [2.45, 2.75) is 6.92 Å². The van der Waals surface area contributed by atoms with Crippen LogP contribution in [0, 0.1) is 6.92 Å².